The van der Waals surface area contributed by atoms with Crippen molar-refractivity contribution in [1.82, 2.24) is 9.88 Å². The Labute approximate surface area is 154 Å². The van der Waals surface area contributed by atoms with Gasteiger partial charge in [0.05, 0.1) is 29.5 Å². The summed E-state index contributed by atoms with van der Waals surface area (Å²) in [5, 5.41) is 30.3. The first-order chi connectivity index (χ1) is 12.7. The molecular weight excluding hydrogens is 352 g/mol. The molecule has 0 aliphatic carbocycles. The van der Waals surface area contributed by atoms with Crippen LogP contribution in [0.15, 0.2) is 36.4 Å². The van der Waals surface area contributed by atoms with E-state index < -0.39 is 0 Å². The largest absolute Gasteiger partial charge is 0.504 e. The Morgan fingerprint density at radius 3 is 2.77 bits per heavy atom. The second kappa shape index (κ2) is 7.20. The molecule has 0 fully saturated rings. The average Bonchev–Trinajstić information content (AvgIpc) is 2.97. The number of aromatic nitrogens is 1. The van der Waals surface area contributed by atoms with Crippen molar-refractivity contribution in [2.24, 2.45) is 0 Å². The molecule has 0 bridgehead atoms. The van der Waals surface area contributed by atoms with Crippen molar-refractivity contribution in [3.05, 3.63) is 42.0 Å². The molecular formula is C19H20N2O4S. The summed E-state index contributed by atoms with van der Waals surface area (Å²) >= 11 is 1.57. The molecule has 26 heavy (non-hydrogen) atoms. The first-order valence-electron chi connectivity index (χ1n) is 8.50. The van der Waals surface area contributed by atoms with E-state index in [2.05, 4.69) is 4.98 Å². The monoisotopic (exact) mass is 372 g/mol. The summed E-state index contributed by atoms with van der Waals surface area (Å²) in [4.78, 5) is 6.62. The van der Waals surface area contributed by atoms with Gasteiger partial charge in [0.2, 0.25) is 0 Å². The number of phenols is 1. The third-order valence-electron chi connectivity index (χ3n) is 4.62. The van der Waals surface area contributed by atoms with Gasteiger partial charge in [0, 0.05) is 24.2 Å². The quantitative estimate of drug-likeness (QED) is 0.651. The number of aromatic hydroxyl groups is 1. The number of rotatable bonds is 4. The number of para-hydroxylation sites is 1. The molecule has 136 valence electrons. The van der Waals surface area contributed by atoms with Crippen LogP contribution < -0.4 is 4.74 Å². The normalized spacial score (nSPS) is 15.0. The third-order valence-corrected chi connectivity index (χ3v) is 5.71. The molecule has 6 nitrogen and oxygen atoms in total. The number of benzene rings is 2. The molecule has 0 spiro atoms. The van der Waals surface area contributed by atoms with E-state index in [0.29, 0.717) is 25.4 Å². The van der Waals surface area contributed by atoms with E-state index in [1.165, 1.54) is 0 Å². The van der Waals surface area contributed by atoms with E-state index in [1.807, 2.05) is 35.2 Å². The number of hydrogen-bond acceptors (Lipinski definition) is 7. The minimum Gasteiger partial charge on any atom is -0.504 e. The Balaban J connectivity index is 1.74. The fourth-order valence-corrected chi connectivity index (χ4v) is 4.19. The van der Waals surface area contributed by atoms with Crippen molar-refractivity contribution in [3.8, 4) is 22.1 Å². The van der Waals surface area contributed by atoms with Gasteiger partial charge in [-0.25, -0.2) is 4.98 Å². The van der Waals surface area contributed by atoms with Gasteiger partial charge in [-0.2, -0.15) is 0 Å². The lowest BCUT2D eigenvalue weighted by Gasteiger charge is -2.26. The van der Waals surface area contributed by atoms with E-state index in [1.54, 1.807) is 17.4 Å². The molecule has 1 aliphatic heterocycles. The maximum absolute atomic E-state index is 10.5. The second-order valence-corrected chi connectivity index (χ2v) is 7.34. The molecule has 2 aromatic carbocycles. The van der Waals surface area contributed by atoms with E-state index in [4.69, 9.17) is 4.74 Å². The van der Waals surface area contributed by atoms with Crippen LogP contribution in [0.25, 0.3) is 20.8 Å². The number of hydrogen-bond donors (Lipinski definition) is 3. The van der Waals surface area contributed by atoms with E-state index in [0.717, 1.165) is 26.4 Å². The Bertz CT molecular complexity index is 890. The number of aliphatic hydroxyl groups is 2. The third kappa shape index (κ3) is 3.14. The smallest absolute Gasteiger partial charge is 0.165 e. The maximum atomic E-state index is 10.5. The fraction of sp³-hybridized carbons (Fsp3) is 0.316. The summed E-state index contributed by atoms with van der Waals surface area (Å²) in [7, 11) is 0. The lowest BCUT2D eigenvalue weighted by molar-refractivity contribution is 0.0650. The summed E-state index contributed by atoms with van der Waals surface area (Å²) in [5.74, 6) is 0.551. The van der Waals surface area contributed by atoms with Gasteiger partial charge in [-0.15, -0.1) is 11.3 Å². The molecule has 4 rings (SSSR count). The zero-order valence-corrected chi connectivity index (χ0v) is 14.9. The van der Waals surface area contributed by atoms with Crippen LogP contribution in [0.3, 0.4) is 0 Å². The topological polar surface area (TPSA) is 86.1 Å². The van der Waals surface area contributed by atoms with Crippen LogP contribution in [0.1, 0.15) is 5.56 Å². The van der Waals surface area contributed by atoms with Gasteiger partial charge >= 0.3 is 0 Å². The van der Waals surface area contributed by atoms with Crippen molar-refractivity contribution in [2.45, 2.75) is 12.6 Å². The van der Waals surface area contributed by atoms with E-state index >= 15 is 0 Å². The van der Waals surface area contributed by atoms with Crippen LogP contribution in [0.5, 0.6) is 11.5 Å². The van der Waals surface area contributed by atoms with Gasteiger partial charge < -0.3 is 20.1 Å². The van der Waals surface area contributed by atoms with Crippen molar-refractivity contribution in [1.29, 1.82) is 0 Å². The summed E-state index contributed by atoms with van der Waals surface area (Å²) in [5.41, 5.74) is 2.58. The Kier molecular flexibility index (Phi) is 4.78. The molecule has 2 heterocycles. The Morgan fingerprint density at radius 2 is 2.00 bits per heavy atom. The van der Waals surface area contributed by atoms with Crippen LogP contribution in [-0.2, 0) is 6.54 Å². The van der Waals surface area contributed by atoms with E-state index in [9.17, 15) is 15.3 Å². The number of nitrogens with zero attached hydrogens (tertiary/aromatic N) is 2. The van der Waals surface area contributed by atoms with Crippen molar-refractivity contribution < 1.29 is 20.1 Å². The fourth-order valence-electron chi connectivity index (χ4n) is 3.24. The van der Waals surface area contributed by atoms with Crippen molar-refractivity contribution in [2.75, 3.05) is 26.4 Å². The number of thiazole rings is 1. The molecule has 3 aromatic rings. The van der Waals surface area contributed by atoms with Gasteiger partial charge in [0.15, 0.2) is 11.5 Å². The van der Waals surface area contributed by atoms with Gasteiger partial charge in [-0.3, -0.25) is 4.90 Å². The number of fused-ring (bicyclic) bond motifs is 2. The zero-order chi connectivity index (χ0) is 18.1. The summed E-state index contributed by atoms with van der Waals surface area (Å²) in [6.45, 7) is 1.17. The standard InChI is InChI=1S/C19H20N2O4S/c22-10-14(11-23)21-5-6-25-18-13(9-21)7-12(8-16(18)24)19-20-15-3-1-2-4-17(15)26-19/h1-4,7-8,14,22-24H,5-6,9-11H2. The molecule has 0 saturated heterocycles. The molecule has 0 saturated carbocycles. The number of ether oxygens (including phenoxy) is 1. The summed E-state index contributed by atoms with van der Waals surface area (Å²) in [6.07, 6.45) is 0. The van der Waals surface area contributed by atoms with Crippen LogP contribution in [0, 0.1) is 0 Å². The molecule has 0 unspecified atom stereocenters. The molecule has 1 aromatic heterocycles. The Hall–Kier alpha value is -2.19. The van der Waals surface area contributed by atoms with Crippen LogP contribution in [0.4, 0.5) is 0 Å². The Morgan fingerprint density at radius 1 is 1.19 bits per heavy atom. The highest BCUT2D eigenvalue weighted by Gasteiger charge is 2.24. The molecule has 0 atom stereocenters. The predicted octanol–water partition coefficient (Wildman–Crippen LogP) is 2.22. The molecule has 7 heteroatoms. The van der Waals surface area contributed by atoms with Crippen LogP contribution in [0.2, 0.25) is 0 Å². The lowest BCUT2D eigenvalue weighted by Crippen LogP contribution is -2.41. The van der Waals surface area contributed by atoms with Crippen molar-refractivity contribution in [3.63, 3.8) is 0 Å². The first kappa shape index (κ1) is 17.2. The van der Waals surface area contributed by atoms with Crippen LogP contribution in [-0.4, -0.2) is 57.6 Å². The highest BCUT2D eigenvalue weighted by atomic mass is 32.1. The molecule has 3 N–H and O–H groups in total. The molecule has 0 amide bonds. The predicted molar refractivity (Wildman–Crippen MR) is 101 cm³/mol. The van der Waals surface area contributed by atoms with E-state index in [-0.39, 0.29) is 25.0 Å². The van der Waals surface area contributed by atoms with Gasteiger partial charge in [0.25, 0.3) is 0 Å². The number of phenolic OH excluding ortho intramolecular Hbond substituents is 1. The highest BCUT2D eigenvalue weighted by molar-refractivity contribution is 7.21. The SMILES string of the molecule is OCC(CO)N1CCOc2c(O)cc(-c3nc4ccccc4s3)cc2C1. The minimum absolute atomic E-state index is 0.0863. The molecule has 1 aliphatic rings. The summed E-state index contributed by atoms with van der Waals surface area (Å²) in [6, 6.07) is 11.2. The number of aliphatic hydroxyl groups excluding tert-OH is 2. The zero-order valence-electron chi connectivity index (χ0n) is 14.1. The average molecular weight is 372 g/mol. The van der Waals surface area contributed by atoms with Gasteiger partial charge in [-0.05, 0) is 24.3 Å². The summed E-state index contributed by atoms with van der Waals surface area (Å²) < 4.78 is 6.82. The lowest BCUT2D eigenvalue weighted by atomic mass is 10.1. The van der Waals surface area contributed by atoms with Crippen molar-refractivity contribution >= 4 is 21.6 Å². The van der Waals surface area contributed by atoms with Gasteiger partial charge in [0.1, 0.15) is 11.6 Å². The molecule has 0 radical (unpaired) electrons. The minimum atomic E-state index is -0.349. The first-order valence-corrected chi connectivity index (χ1v) is 9.31. The van der Waals surface area contributed by atoms with Crippen LogP contribution >= 0.6 is 11.3 Å². The van der Waals surface area contributed by atoms with Gasteiger partial charge in [-0.1, -0.05) is 12.1 Å². The maximum Gasteiger partial charge on any atom is 0.165 e. The second-order valence-electron chi connectivity index (χ2n) is 6.31. The highest BCUT2D eigenvalue weighted by Crippen LogP contribution is 2.39.